The first-order valence-corrected chi connectivity index (χ1v) is 10.6. The molecule has 1 aliphatic rings. The molecule has 1 fully saturated rings. The van der Waals surface area contributed by atoms with E-state index in [0.717, 1.165) is 24.3 Å². The zero-order chi connectivity index (χ0) is 22.5. The largest absolute Gasteiger partial charge is 0.416 e. The summed E-state index contributed by atoms with van der Waals surface area (Å²) in [6.45, 7) is 2.95. The van der Waals surface area contributed by atoms with Crippen LogP contribution < -0.4 is 9.62 Å². The Labute approximate surface area is 175 Å². The van der Waals surface area contributed by atoms with Gasteiger partial charge in [-0.25, -0.2) is 12.7 Å². The van der Waals surface area contributed by atoms with Crippen LogP contribution in [0, 0.1) is 5.41 Å². The van der Waals surface area contributed by atoms with Crippen molar-refractivity contribution in [2.75, 3.05) is 15.4 Å². The van der Waals surface area contributed by atoms with Gasteiger partial charge in [0.05, 0.1) is 27.4 Å². The van der Waals surface area contributed by atoms with Crippen LogP contribution in [-0.4, -0.2) is 26.0 Å². The quantitative estimate of drug-likeness (QED) is 0.739. The summed E-state index contributed by atoms with van der Waals surface area (Å²) >= 11 is 6.08. The fourth-order valence-electron chi connectivity index (χ4n) is 3.03. The zero-order valence-corrected chi connectivity index (χ0v) is 17.3. The number of amides is 2. The lowest BCUT2D eigenvalue weighted by Gasteiger charge is -2.19. The number of carbonyl (C=O) groups excluding carboxylic acids is 2. The molecule has 0 spiro atoms. The Morgan fingerprint density at radius 3 is 2.40 bits per heavy atom. The van der Waals surface area contributed by atoms with E-state index in [0.29, 0.717) is 4.31 Å². The van der Waals surface area contributed by atoms with Crippen LogP contribution >= 0.6 is 11.6 Å². The second-order valence-electron chi connectivity index (χ2n) is 7.41. The Bertz CT molecular complexity index is 1150. The van der Waals surface area contributed by atoms with E-state index in [1.807, 2.05) is 0 Å². The van der Waals surface area contributed by atoms with Gasteiger partial charge in [0.15, 0.2) is 0 Å². The van der Waals surface area contributed by atoms with Crippen molar-refractivity contribution < 1.29 is 31.2 Å². The summed E-state index contributed by atoms with van der Waals surface area (Å²) in [7, 11) is -4.00. The van der Waals surface area contributed by atoms with Crippen LogP contribution in [0.25, 0.3) is 0 Å². The van der Waals surface area contributed by atoms with Gasteiger partial charge in [-0.05, 0) is 50.2 Å². The minimum atomic E-state index is -4.58. The molecular weight excluding hydrogens is 445 g/mol. The smallest absolute Gasteiger partial charge is 0.322 e. The lowest BCUT2D eigenvalue weighted by atomic mass is 9.95. The van der Waals surface area contributed by atoms with Gasteiger partial charge in [0.1, 0.15) is 0 Å². The molecular formula is C19H16ClF3N2O4S. The highest BCUT2D eigenvalue weighted by molar-refractivity contribution is 7.94. The summed E-state index contributed by atoms with van der Waals surface area (Å²) in [5, 5.41) is 2.25. The van der Waals surface area contributed by atoms with Gasteiger partial charge in [-0.15, -0.1) is 0 Å². The van der Waals surface area contributed by atoms with Gasteiger partial charge in [-0.1, -0.05) is 17.7 Å². The summed E-state index contributed by atoms with van der Waals surface area (Å²) < 4.78 is 64.1. The Balaban J connectivity index is 1.94. The number of nitrogens with one attached hydrogen (secondary N) is 1. The molecule has 160 valence electrons. The number of rotatable bonds is 3. The topological polar surface area (TPSA) is 83.6 Å². The predicted molar refractivity (Wildman–Crippen MR) is 106 cm³/mol. The summed E-state index contributed by atoms with van der Waals surface area (Å²) in [5.74, 6) is -1.91. The molecule has 1 N–H and O–H groups in total. The van der Waals surface area contributed by atoms with Crippen LogP contribution in [0.15, 0.2) is 42.5 Å². The maximum absolute atomic E-state index is 12.8. The highest BCUT2D eigenvalue weighted by Crippen LogP contribution is 2.39. The SMILES string of the molecule is CC1(C)CS(=O)(=O)N(c2cc(C(=O)Nc3cccc(C(F)(F)F)c3)ccc2Cl)C1=O. The van der Waals surface area contributed by atoms with Crippen LogP contribution in [0.2, 0.25) is 5.02 Å². The third-order valence-electron chi connectivity index (χ3n) is 4.46. The van der Waals surface area contributed by atoms with Gasteiger partial charge in [0, 0.05) is 11.3 Å². The Kier molecular flexibility index (Phi) is 5.36. The van der Waals surface area contributed by atoms with Crippen molar-refractivity contribution in [3.63, 3.8) is 0 Å². The molecule has 0 aromatic heterocycles. The predicted octanol–water partition coefficient (Wildman–Crippen LogP) is 4.31. The van der Waals surface area contributed by atoms with Crippen molar-refractivity contribution in [3.8, 4) is 0 Å². The van der Waals surface area contributed by atoms with E-state index in [9.17, 15) is 31.2 Å². The van der Waals surface area contributed by atoms with Crippen LogP contribution in [0.3, 0.4) is 0 Å². The zero-order valence-electron chi connectivity index (χ0n) is 15.7. The molecule has 2 aromatic carbocycles. The highest BCUT2D eigenvalue weighted by atomic mass is 35.5. The first kappa shape index (κ1) is 22.1. The summed E-state index contributed by atoms with van der Waals surface area (Å²) in [6.07, 6.45) is -4.58. The number of carbonyl (C=O) groups is 2. The molecule has 0 saturated carbocycles. The number of hydrogen-bond acceptors (Lipinski definition) is 4. The molecule has 1 saturated heterocycles. The van der Waals surface area contributed by atoms with Gasteiger partial charge >= 0.3 is 6.18 Å². The number of benzene rings is 2. The van der Waals surface area contributed by atoms with Gasteiger partial charge in [0.2, 0.25) is 15.9 Å². The fraction of sp³-hybridized carbons (Fsp3) is 0.263. The van der Waals surface area contributed by atoms with Crippen LogP contribution in [-0.2, 0) is 21.0 Å². The number of sulfonamides is 1. The molecule has 6 nitrogen and oxygen atoms in total. The molecule has 0 aliphatic carbocycles. The number of alkyl halides is 3. The first-order chi connectivity index (χ1) is 13.7. The fourth-order valence-corrected chi connectivity index (χ4v) is 5.40. The molecule has 2 aromatic rings. The molecule has 0 radical (unpaired) electrons. The Morgan fingerprint density at radius 1 is 1.17 bits per heavy atom. The number of halogens is 4. The molecule has 0 unspecified atom stereocenters. The Hall–Kier alpha value is -2.59. The van der Waals surface area contributed by atoms with Crippen molar-refractivity contribution in [1.82, 2.24) is 0 Å². The van der Waals surface area contributed by atoms with Gasteiger partial charge in [-0.3, -0.25) is 9.59 Å². The molecule has 0 bridgehead atoms. The first-order valence-electron chi connectivity index (χ1n) is 8.58. The maximum Gasteiger partial charge on any atom is 0.416 e. The highest BCUT2D eigenvalue weighted by Gasteiger charge is 2.50. The normalized spacial score (nSPS) is 17.8. The van der Waals surface area contributed by atoms with Crippen LogP contribution in [0.4, 0.5) is 24.5 Å². The molecule has 1 aliphatic heterocycles. The summed E-state index contributed by atoms with van der Waals surface area (Å²) in [4.78, 5) is 25.1. The maximum atomic E-state index is 12.8. The van der Waals surface area contributed by atoms with E-state index in [-0.39, 0.29) is 22.0 Å². The monoisotopic (exact) mass is 460 g/mol. The number of hydrogen-bond donors (Lipinski definition) is 1. The van der Waals surface area contributed by atoms with Gasteiger partial charge in [-0.2, -0.15) is 13.2 Å². The van der Waals surface area contributed by atoms with Crippen LogP contribution in [0.1, 0.15) is 29.8 Å². The standard InChI is InChI=1S/C19H16ClF3N2O4S/c1-18(2)10-30(28,29)25(17(18)27)15-8-11(6-7-14(15)20)16(26)24-13-5-3-4-12(9-13)19(21,22)23/h3-9H,10H2,1-2H3,(H,24,26). The molecule has 0 atom stereocenters. The third-order valence-corrected chi connectivity index (χ3v) is 6.78. The average molecular weight is 461 g/mol. The second kappa shape index (κ2) is 7.28. The van der Waals surface area contributed by atoms with E-state index >= 15 is 0 Å². The molecule has 30 heavy (non-hydrogen) atoms. The van der Waals surface area contributed by atoms with E-state index in [2.05, 4.69) is 5.32 Å². The summed E-state index contributed by atoms with van der Waals surface area (Å²) in [5.41, 5.74) is -2.48. The Morgan fingerprint density at radius 2 is 1.83 bits per heavy atom. The van der Waals surface area contributed by atoms with E-state index in [1.54, 1.807) is 0 Å². The molecule has 11 heteroatoms. The molecule has 2 amide bonds. The van der Waals surface area contributed by atoms with E-state index < -0.39 is 44.7 Å². The van der Waals surface area contributed by atoms with Crippen molar-refractivity contribution in [2.45, 2.75) is 20.0 Å². The second-order valence-corrected chi connectivity index (χ2v) is 9.63. The minimum absolute atomic E-state index is 0.0692. The van der Waals surface area contributed by atoms with Crippen molar-refractivity contribution >= 4 is 44.8 Å². The van der Waals surface area contributed by atoms with Crippen molar-refractivity contribution in [3.05, 3.63) is 58.6 Å². The average Bonchev–Trinajstić information content (AvgIpc) is 2.78. The number of anilines is 2. The van der Waals surface area contributed by atoms with Crippen molar-refractivity contribution in [2.24, 2.45) is 5.41 Å². The molecule has 1 heterocycles. The lowest BCUT2D eigenvalue weighted by molar-refractivity contribution is -0.137. The summed E-state index contributed by atoms with van der Waals surface area (Å²) in [6, 6.07) is 7.68. The minimum Gasteiger partial charge on any atom is -0.322 e. The number of nitrogens with zero attached hydrogens (tertiary/aromatic N) is 1. The van der Waals surface area contributed by atoms with E-state index in [4.69, 9.17) is 11.6 Å². The molecule has 3 rings (SSSR count). The van der Waals surface area contributed by atoms with Crippen LogP contribution in [0.5, 0.6) is 0 Å². The van der Waals surface area contributed by atoms with E-state index in [1.165, 1.54) is 32.0 Å². The lowest BCUT2D eigenvalue weighted by Crippen LogP contribution is -2.33. The third kappa shape index (κ3) is 4.15. The van der Waals surface area contributed by atoms with Gasteiger partial charge in [0.25, 0.3) is 5.91 Å². The van der Waals surface area contributed by atoms with Crippen molar-refractivity contribution in [1.29, 1.82) is 0 Å². The van der Waals surface area contributed by atoms with Gasteiger partial charge < -0.3 is 5.32 Å².